The summed E-state index contributed by atoms with van der Waals surface area (Å²) < 4.78 is 0. The minimum Gasteiger partial charge on any atom is -0.369 e. The number of nitrogens with one attached hydrogen (secondary N) is 2. The number of nitrogens with zero attached hydrogens (tertiary/aromatic N) is 4. The molecule has 0 bridgehead atoms. The van der Waals surface area contributed by atoms with Gasteiger partial charge in [0.05, 0.1) is 0 Å². The lowest BCUT2D eigenvalue weighted by Gasteiger charge is -2.13. The Morgan fingerprint density at radius 2 is 1.79 bits per heavy atom. The Balaban J connectivity index is 1.80. The molecule has 0 aliphatic rings. The van der Waals surface area contributed by atoms with Gasteiger partial charge in [-0.2, -0.15) is 0 Å². The maximum Gasteiger partial charge on any atom is 0.270 e. The van der Waals surface area contributed by atoms with Crippen molar-refractivity contribution < 1.29 is 4.79 Å². The van der Waals surface area contributed by atoms with Crippen LogP contribution in [0, 0.1) is 0 Å². The minimum absolute atomic E-state index is 0.243. The molecule has 0 fully saturated rings. The van der Waals surface area contributed by atoms with Gasteiger partial charge in [-0.25, -0.2) is 9.97 Å². The lowest BCUT2D eigenvalue weighted by atomic mass is 10.2. The van der Waals surface area contributed by atoms with Gasteiger partial charge >= 0.3 is 0 Å². The molecule has 7 nitrogen and oxygen atoms in total. The van der Waals surface area contributed by atoms with Crippen molar-refractivity contribution >= 4 is 11.7 Å². The molecule has 7 heteroatoms. The van der Waals surface area contributed by atoms with Crippen molar-refractivity contribution in [2.24, 2.45) is 0 Å². The molecule has 0 saturated carbocycles. The van der Waals surface area contributed by atoms with Crippen LogP contribution in [0.1, 0.15) is 16.1 Å². The van der Waals surface area contributed by atoms with Gasteiger partial charge in [0.15, 0.2) is 5.82 Å². The van der Waals surface area contributed by atoms with Gasteiger partial charge < -0.3 is 15.5 Å². The smallest absolute Gasteiger partial charge is 0.270 e. The molecule has 0 saturated heterocycles. The molecule has 1 amide bonds. The van der Waals surface area contributed by atoms with E-state index < -0.39 is 0 Å². The number of benzene rings is 1. The third-order valence-corrected chi connectivity index (χ3v) is 4.06. The lowest BCUT2D eigenvalue weighted by Crippen LogP contribution is -2.25. The van der Waals surface area contributed by atoms with Crippen molar-refractivity contribution in [3.05, 3.63) is 72.2 Å². The van der Waals surface area contributed by atoms with E-state index in [1.165, 1.54) is 0 Å². The van der Waals surface area contributed by atoms with E-state index >= 15 is 0 Å². The van der Waals surface area contributed by atoms with Crippen LogP contribution in [0.5, 0.6) is 0 Å². The Hall–Kier alpha value is -3.32. The normalized spacial score (nSPS) is 10.7. The molecule has 2 N–H and O–H groups in total. The van der Waals surface area contributed by atoms with E-state index in [1.807, 2.05) is 56.6 Å². The summed E-state index contributed by atoms with van der Waals surface area (Å²) in [5, 5.41) is 6.18. The molecule has 144 valence electrons. The standard InChI is InChI=1S/C21H24N6O/c1-27(2)13-12-23-19-14-18(21(28)24-15-16-8-10-22-11-9-16)25-20(26-19)17-6-4-3-5-7-17/h3-11,14H,12-13,15H2,1-2H3,(H,24,28)(H,23,25,26). The predicted octanol–water partition coefficient (Wildman–Crippen LogP) is 2.44. The SMILES string of the molecule is CN(C)CCNc1cc(C(=O)NCc2ccncc2)nc(-c2ccccc2)n1. The van der Waals surface area contributed by atoms with Crippen molar-refractivity contribution in [3.63, 3.8) is 0 Å². The number of hydrogen-bond acceptors (Lipinski definition) is 6. The zero-order valence-electron chi connectivity index (χ0n) is 16.1. The van der Waals surface area contributed by atoms with Gasteiger partial charge in [0, 0.05) is 43.7 Å². The molecule has 0 atom stereocenters. The van der Waals surface area contributed by atoms with E-state index in [9.17, 15) is 4.79 Å². The average Bonchev–Trinajstić information content (AvgIpc) is 2.73. The molecule has 0 aliphatic heterocycles. The summed E-state index contributed by atoms with van der Waals surface area (Å²) in [7, 11) is 4.02. The van der Waals surface area contributed by atoms with Crippen LogP contribution < -0.4 is 10.6 Å². The summed E-state index contributed by atoms with van der Waals surface area (Å²) in [6.07, 6.45) is 3.40. The van der Waals surface area contributed by atoms with Crippen LogP contribution >= 0.6 is 0 Å². The number of carbonyl (C=O) groups is 1. The Morgan fingerprint density at radius 3 is 2.50 bits per heavy atom. The van der Waals surface area contributed by atoms with Gasteiger partial charge in [-0.3, -0.25) is 9.78 Å². The third kappa shape index (κ3) is 5.59. The highest BCUT2D eigenvalue weighted by atomic mass is 16.1. The molecule has 3 aromatic rings. The summed E-state index contributed by atoms with van der Waals surface area (Å²) in [5.41, 5.74) is 2.17. The van der Waals surface area contributed by atoms with Crippen LogP contribution in [0.2, 0.25) is 0 Å². The highest BCUT2D eigenvalue weighted by Gasteiger charge is 2.13. The quantitative estimate of drug-likeness (QED) is 0.628. The number of aromatic nitrogens is 3. The van der Waals surface area contributed by atoms with E-state index in [-0.39, 0.29) is 5.91 Å². The first-order chi connectivity index (χ1) is 13.6. The molecular formula is C21H24N6O. The number of hydrogen-bond donors (Lipinski definition) is 2. The maximum atomic E-state index is 12.7. The second-order valence-corrected chi connectivity index (χ2v) is 6.60. The van der Waals surface area contributed by atoms with Crippen molar-refractivity contribution in [2.45, 2.75) is 6.54 Å². The summed E-state index contributed by atoms with van der Waals surface area (Å²) in [6.45, 7) is 1.99. The zero-order valence-corrected chi connectivity index (χ0v) is 16.1. The predicted molar refractivity (Wildman–Crippen MR) is 110 cm³/mol. The monoisotopic (exact) mass is 376 g/mol. The van der Waals surface area contributed by atoms with Gasteiger partial charge in [-0.1, -0.05) is 30.3 Å². The lowest BCUT2D eigenvalue weighted by molar-refractivity contribution is 0.0946. The first-order valence-corrected chi connectivity index (χ1v) is 9.12. The van der Waals surface area contributed by atoms with Crippen LogP contribution in [0.15, 0.2) is 60.9 Å². The molecular weight excluding hydrogens is 352 g/mol. The third-order valence-electron chi connectivity index (χ3n) is 4.06. The van der Waals surface area contributed by atoms with Gasteiger partial charge in [-0.15, -0.1) is 0 Å². The van der Waals surface area contributed by atoms with E-state index in [0.717, 1.165) is 24.2 Å². The highest BCUT2D eigenvalue weighted by molar-refractivity contribution is 5.93. The zero-order chi connectivity index (χ0) is 19.8. The Bertz CT molecular complexity index is 899. The van der Waals surface area contributed by atoms with E-state index in [0.29, 0.717) is 23.9 Å². The van der Waals surface area contributed by atoms with Crippen molar-refractivity contribution in [1.82, 2.24) is 25.2 Å². The number of likely N-dealkylation sites (N-methyl/N-ethyl adjacent to an activating group) is 1. The van der Waals surface area contributed by atoms with Crippen LogP contribution in [0.4, 0.5) is 5.82 Å². The molecule has 0 radical (unpaired) electrons. The first-order valence-electron chi connectivity index (χ1n) is 9.12. The Kier molecular flexibility index (Phi) is 6.64. The van der Waals surface area contributed by atoms with Gasteiger partial charge in [0.2, 0.25) is 0 Å². The number of pyridine rings is 1. The van der Waals surface area contributed by atoms with E-state index in [4.69, 9.17) is 0 Å². The summed E-state index contributed by atoms with van der Waals surface area (Å²) in [6, 6.07) is 15.1. The fourth-order valence-corrected chi connectivity index (χ4v) is 2.55. The summed E-state index contributed by atoms with van der Waals surface area (Å²) in [5.74, 6) is 0.904. The van der Waals surface area contributed by atoms with Crippen molar-refractivity contribution in [3.8, 4) is 11.4 Å². The molecule has 3 rings (SSSR count). The van der Waals surface area contributed by atoms with Crippen LogP contribution in [-0.2, 0) is 6.54 Å². The number of amides is 1. The molecule has 2 aromatic heterocycles. The molecule has 0 spiro atoms. The number of carbonyl (C=O) groups excluding carboxylic acids is 1. The molecule has 0 aliphatic carbocycles. The van der Waals surface area contributed by atoms with Crippen molar-refractivity contribution in [1.29, 1.82) is 0 Å². The van der Waals surface area contributed by atoms with Gasteiger partial charge in [0.25, 0.3) is 5.91 Å². The summed E-state index contributed by atoms with van der Waals surface area (Å²) >= 11 is 0. The largest absolute Gasteiger partial charge is 0.369 e. The van der Waals surface area contributed by atoms with E-state index in [2.05, 4.69) is 30.5 Å². The summed E-state index contributed by atoms with van der Waals surface area (Å²) in [4.78, 5) is 27.8. The van der Waals surface area contributed by atoms with Gasteiger partial charge in [0.1, 0.15) is 11.5 Å². The van der Waals surface area contributed by atoms with Crippen LogP contribution in [0.3, 0.4) is 0 Å². The molecule has 2 heterocycles. The highest BCUT2D eigenvalue weighted by Crippen LogP contribution is 2.18. The Morgan fingerprint density at radius 1 is 1.04 bits per heavy atom. The van der Waals surface area contributed by atoms with Crippen molar-refractivity contribution in [2.75, 3.05) is 32.5 Å². The average molecular weight is 376 g/mol. The molecule has 1 aromatic carbocycles. The minimum atomic E-state index is -0.243. The van der Waals surface area contributed by atoms with Crippen LogP contribution in [-0.4, -0.2) is 52.9 Å². The van der Waals surface area contributed by atoms with E-state index in [1.54, 1.807) is 18.5 Å². The van der Waals surface area contributed by atoms with Gasteiger partial charge in [-0.05, 0) is 31.8 Å². The second-order valence-electron chi connectivity index (χ2n) is 6.60. The maximum absolute atomic E-state index is 12.7. The number of rotatable bonds is 8. The topological polar surface area (TPSA) is 83.0 Å². The fourth-order valence-electron chi connectivity index (χ4n) is 2.55. The number of anilines is 1. The van der Waals surface area contributed by atoms with Crippen LogP contribution in [0.25, 0.3) is 11.4 Å². The molecule has 28 heavy (non-hydrogen) atoms. The second kappa shape index (κ2) is 9.57. The Labute approximate surface area is 164 Å². The first kappa shape index (κ1) is 19.4. The fraction of sp³-hybridized carbons (Fsp3) is 0.238. The molecule has 0 unspecified atom stereocenters.